The number of fused-ring (bicyclic) bond motifs is 1. The Morgan fingerprint density at radius 1 is 1.40 bits per heavy atom. The summed E-state index contributed by atoms with van der Waals surface area (Å²) < 4.78 is 0. The molecule has 2 N–H and O–H groups in total. The Balaban J connectivity index is 1.96. The second-order valence-electron chi connectivity index (χ2n) is 3.60. The van der Waals surface area contributed by atoms with Crippen molar-refractivity contribution >= 4 is 0 Å². The number of piperidine rings is 1. The third-order valence-electron chi connectivity index (χ3n) is 2.85. The zero-order valence-electron chi connectivity index (χ0n) is 6.40. The molecule has 0 saturated carbocycles. The van der Waals surface area contributed by atoms with Crippen LogP contribution in [0.2, 0.25) is 0 Å². The maximum Gasteiger partial charge on any atom is 0.0574 e. The topological polar surface area (TPSA) is 16.5 Å². The minimum absolute atomic E-state index is 0.838. The molecule has 0 aromatic carbocycles. The summed E-state index contributed by atoms with van der Waals surface area (Å²) in [5.74, 6) is 0.932. The predicted octanol–water partition coefficient (Wildman–Crippen LogP) is -0.955. The van der Waals surface area contributed by atoms with Gasteiger partial charge in [-0.05, 0) is 13.0 Å². The number of hydrogen-bond donors (Lipinski definition) is 2. The first-order chi connectivity index (χ1) is 4.86. The lowest BCUT2D eigenvalue weighted by Gasteiger charge is -2.33. The SMILES string of the molecule is [CH2-][NH+]1CC[C@@H]2NCC[C@@H]2C1. The van der Waals surface area contributed by atoms with Crippen molar-refractivity contribution < 1.29 is 4.90 Å². The lowest BCUT2D eigenvalue weighted by atomic mass is 9.94. The van der Waals surface area contributed by atoms with E-state index in [0.29, 0.717) is 0 Å². The number of nitrogens with one attached hydrogen (secondary N) is 2. The van der Waals surface area contributed by atoms with Gasteiger partial charge in [0.05, 0.1) is 13.1 Å². The second kappa shape index (κ2) is 2.51. The first-order valence-electron chi connectivity index (χ1n) is 4.26. The molecule has 0 radical (unpaired) electrons. The van der Waals surface area contributed by atoms with E-state index in [4.69, 9.17) is 0 Å². The first-order valence-corrected chi connectivity index (χ1v) is 4.26. The van der Waals surface area contributed by atoms with E-state index in [2.05, 4.69) is 12.4 Å². The van der Waals surface area contributed by atoms with Crippen molar-refractivity contribution in [2.45, 2.75) is 18.9 Å². The summed E-state index contributed by atoms with van der Waals surface area (Å²) in [4.78, 5) is 1.48. The van der Waals surface area contributed by atoms with Crippen molar-refractivity contribution in [1.82, 2.24) is 5.32 Å². The fourth-order valence-electron chi connectivity index (χ4n) is 2.24. The van der Waals surface area contributed by atoms with E-state index in [-0.39, 0.29) is 0 Å². The van der Waals surface area contributed by atoms with E-state index in [0.717, 1.165) is 12.0 Å². The maximum atomic E-state index is 4.05. The molecular weight excluding hydrogens is 124 g/mol. The van der Waals surface area contributed by atoms with Crippen LogP contribution in [-0.4, -0.2) is 25.7 Å². The van der Waals surface area contributed by atoms with Crippen LogP contribution < -0.4 is 10.2 Å². The van der Waals surface area contributed by atoms with Crippen LogP contribution in [0.3, 0.4) is 0 Å². The molecule has 2 aliphatic heterocycles. The van der Waals surface area contributed by atoms with Crippen LogP contribution in [-0.2, 0) is 0 Å². The molecule has 0 spiro atoms. The normalized spacial score (nSPS) is 47.1. The van der Waals surface area contributed by atoms with Gasteiger partial charge in [0.2, 0.25) is 0 Å². The van der Waals surface area contributed by atoms with Gasteiger partial charge < -0.3 is 10.2 Å². The van der Waals surface area contributed by atoms with Crippen LogP contribution in [0.15, 0.2) is 0 Å². The summed E-state index contributed by atoms with van der Waals surface area (Å²) in [7, 11) is 4.05. The Bertz CT molecular complexity index is 124. The molecule has 1 unspecified atom stereocenters. The minimum atomic E-state index is 0.838. The van der Waals surface area contributed by atoms with Gasteiger partial charge in [-0.25, -0.2) is 0 Å². The summed E-state index contributed by atoms with van der Waals surface area (Å²) in [6.07, 6.45) is 2.72. The van der Waals surface area contributed by atoms with Gasteiger partial charge in [-0.3, -0.25) is 0 Å². The van der Waals surface area contributed by atoms with Gasteiger partial charge in [0.15, 0.2) is 0 Å². The van der Waals surface area contributed by atoms with Crippen LogP contribution in [0.5, 0.6) is 0 Å². The molecule has 2 aliphatic rings. The lowest BCUT2D eigenvalue weighted by Crippen LogP contribution is -3.09. The Hall–Kier alpha value is -0.0800. The summed E-state index contributed by atoms with van der Waals surface area (Å²) in [5.41, 5.74) is 0. The van der Waals surface area contributed by atoms with E-state index in [9.17, 15) is 0 Å². The molecule has 0 amide bonds. The molecule has 58 valence electrons. The van der Waals surface area contributed by atoms with Crippen LogP contribution >= 0.6 is 0 Å². The highest BCUT2D eigenvalue weighted by molar-refractivity contribution is 4.84. The molecule has 2 heteroatoms. The number of hydrogen-bond acceptors (Lipinski definition) is 1. The fourth-order valence-corrected chi connectivity index (χ4v) is 2.24. The maximum absolute atomic E-state index is 4.05. The Labute approximate surface area is 62.6 Å². The molecule has 0 aliphatic carbocycles. The van der Waals surface area contributed by atoms with Crippen LogP contribution in [0.4, 0.5) is 0 Å². The zero-order chi connectivity index (χ0) is 6.97. The standard InChI is InChI=1S/C8H16N2/c1-10-5-3-8-7(6-10)2-4-9-8/h7-10H,1-6H2/t7-,8+/m1/s1. The summed E-state index contributed by atoms with van der Waals surface area (Å²) >= 11 is 0. The zero-order valence-corrected chi connectivity index (χ0v) is 6.40. The quantitative estimate of drug-likeness (QED) is 0.415. The monoisotopic (exact) mass is 140 g/mol. The third kappa shape index (κ3) is 1.06. The molecule has 0 bridgehead atoms. The second-order valence-corrected chi connectivity index (χ2v) is 3.60. The number of likely N-dealkylation sites (tertiary alicyclic amines) is 1. The number of rotatable bonds is 0. The van der Waals surface area contributed by atoms with Crippen LogP contribution in [0, 0.1) is 13.0 Å². The summed E-state index contributed by atoms with van der Waals surface area (Å²) in [5, 5.41) is 3.54. The molecule has 0 aromatic heterocycles. The van der Waals surface area contributed by atoms with E-state index < -0.39 is 0 Å². The van der Waals surface area contributed by atoms with Gasteiger partial charge in [-0.1, -0.05) is 0 Å². The minimum Gasteiger partial charge on any atom is -0.468 e. The highest BCUT2D eigenvalue weighted by atomic mass is 15.1. The molecule has 0 aromatic rings. The van der Waals surface area contributed by atoms with Crippen LogP contribution in [0.25, 0.3) is 0 Å². The van der Waals surface area contributed by atoms with Gasteiger partial charge in [-0.15, -0.1) is 0 Å². The molecular formula is C8H16N2. The summed E-state index contributed by atoms with van der Waals surface area (Å²) in [6.45, 7) is 3.79. The van der Waals surface area contributed by atoms with E-state index in [1.165, 1.54) is 37.4 Å². The Morgan fingerprint density at radius 2 is 2.30 bits per heavy atom. The molecule has 3 atom stereocenters. The smallest absolute Gasteiger partial charge is 0.0574 e. The van der Waals surface area contributed by atoms with Crippen molar-refractivity contribution in [2.75, 3.05) is 19.6 Å². The van der Waals surface area contributed by atoms with Gasteiger partial charge in [0.25, 0.3) is 0 Å². The molecule has 2 nitrogen and oxygen atoms in total. The fraction of sp³-hybridized carbons (Fsp3) is 0.875. The Kier molecular flexibility index (Phi) is 1.66. The van der Waals surface area contributed by atoms with Crippen LogP contribution in [0.1, 0.15) is 12.8 Å². The molecule has 2 saturated heterocycles. The first kappa shape index (κ1) is 6.62. The molecule has 2 heterocycles. The average molecular weight is 140 g/mol. The van der Waals surface area contributed by atoms with Crippen molar-refractivity contribution in [3.63, 3.8) is 0 Å². The summed E-state index contributed by atoms with van der Waals surface area (Å²) in [6, 6.07) is 0.838. The van der Waals surface area contributed by atoms with Crippen molar-refractivity contribution in [2.24, 2.45) is 5.92 Å². The lowest BCUT2D eigenvalue weighted by molar-refractivity contribution is -0.863. The number of quaternary nitrogens is 1. The van der Waals surface area contributed by atoms with Crippen molar-refractivity contribution in [1.29, 1.82) is 0 Å². The highest BCUT2D eigenvalue weighted by Gasteiger charge is 2.31. The van der Waals surface area contributed by atoms with Gasteiger partial charge in [0.1, 0.15) is 0 Å². The van der Waals surface area contributed by atoms with Gasteiger partial charge in [-0.2, -0.15) is 7.05 Å². The van der Waals surface area contributed by atoms with E-state index in [1.807, 2.05) is 0 Å². The molecule has 2 fully saturated rings. The van der Waals surface area contributed by atoms with E-state index >= 15 is 0 Å². The molecule has 2 rings (SSSR count). The molecule has 10 heavy (non-hydrogen) atoms. The van der Waals surface area contributed by atoms with Gasteiger partial charge >= 0.3 is 0 Å². The predicted molar refractivity (Wildman–Crippen MR) is 40.6 cm³/mol. The van der Waals surface area contributed by atoms with E-state index in [1.54, 1.807) is 0 Å². The Morgan fingerprint density at radius 3 is 3.20 bits per heavy atom. The van der Waals surface area contributed by atoms with Gasteiger partial charge in [0, 0.05) is 18.4 Å². The average Bonchev–Trinajstić information content (AvgIpc) is 2.33. The highest BCUT2D eigenvalue weighted by Crippen LogP contribution is 2.17. The largest absolute Gasteiger partial charge is 0.468 e. The van der Waals surface area contributed by atoms with Crippen molar-refractivity contribution in [3.8, 4) is 0 Å². The third-order valence-corrected chi connectivity index (χ3v) is 2.85. The van der Waals surface area contributed by atoms with Crippen molar-refractivity contribution in [3.05, 3.63) is 7.05 Å².